The third-order valence-corrected chi connectivity index (χ3v) is 2.73. The van der Waals surface area contributed by atoms with Crippen LogP contribution in [0.25, 0.3) is 0 Å². The van der Waals surface area contributed by atoms with E-state index in [0.717, 1.165) is 19.4 Å². The van der Waals surface area contributed by atoms with Crippen LogP contribution >= 0.6 is 0 Å². The minimum absolute atomic E-state index is 0.0263. The van der Waals surface area contributed by atoms with Crippen LogP contribution in [-0.2, 0) is 4.79 Å². The van der Waals surface area contributed by atoms with Crippen molar-refractivity contribution in [1.82, 2.24) is 16.0 Å². The molecule has 1 rings (SSSR count). The van der Waals surface area contributed by atoms with Gasteiger partial charge in [0.1, 0.15) is 6.17 Å². The van der Waals surface area contributed by atoms with Gasteiger partial charge in [0.2, 0.25) is 0 Å². The summed E-state index contributed by atoms with van der Waals surface area (Å²) in [7, 11) is 3.42. The molecule has 1 aliphatic carbocycles. The molecule has 4 nitrogen and oxygen atoms in total. The second kappa shape index (κ2) is 7.19. The van der Waals surface area contributed by atoms with Gasteiger partial charge in [-0.25, -0.2) is 0 Å². The van der Waals surface area contributed by atoms with Crippen molar-refractivity contribution in [3.63, 3.8) is 0 Å². The predicted octanol–water partition coefficient (Wildman–Crippen LogP) is 0.390. The predicted molar refractivity (Wildman–Crippen MR) is 65.9 cm³/mol. The number of nitrogens with one attached hydrogen (secondary N) is 3. The highest BCUT2D eigenvalue weighted by Crippen LogP contribution is 2.14. The van der Waals surface area contributed by atoms with Gasteiger partial charge in [-0.2, -0.15) is 0 Å². The summed E-state index contributed by atoms with van der Waals surface area (Å²) < 4.78 is 0. The highest BCUT2D eigenvalue weighted by molar-refractivity contribution is 5.80. The average Bonchev–Trinajstić information content (AvgIpc) is 2.35. The molecule has 0 saturated carbocycles. The molecule has 0 saturated heterocycles. The lowest BCUT2D eigenvalue weighted by Gasteiger charge is -2.18. The van der Waals surface area contributed by atoms with Crippen molar-refractivity contribution >= 4 is 5.91 Å². The molecule has 0 aromatic heterocycles. The van der Waals surface area contributed by atoms with Gasteiger partial charge in [-0.3, -0.25) is 15.4 Å². The van der Waals surface area contributed by atoms with E-state index in [-0.39, 0.29) is 12.1 Å². The van der Waals surface area contributed by atoms with E-state index in [1.165, 1.54) is 0 Å². The zero-order chi connectivity index (χ0) is 11.8. The molecule has 0 aliphatic heterocycles. The fraction of sp³-hybridized carbons (Fsp3) is 0.583. The van der Waals surface area contributed by atoms with Gasteiger partial charge in [-0.1, -0.05) is 24.3 Å². The molecule has 90 valence electrons. The quantitative estimate of drug-likeness (QED) is 0.571. The molecule has 1 aliphatic rings. The van der Waals surface area contributed by atoms with Gasteiger partial charge in [0, 0.05) is 7.05 Å². The van der Waals surface area contributed by atoms with Crippen molar-refractivity contribution in [2.45, 2.75) is 19.0 Å². The Kier molecular flexibility index (Phi) is 5.82. The Labute approximate surface area is 97.2 Å². The molecule has 0 radical (unpaired) electrons. The van der Waals surface area contributed by atoms with Crippen LogP contribution in [0.5, 0.6) is 0 Å². The first kappa shape index (κ1) is 12.9. The van der Waals surface area contributed by atoms with Gasteiger partial charge in [-0.05, 0) is 32.4 Å². The summed E-state index contributed by atoms with van der Waals surface area (Å²) in [6.45, 7) is 0.835. The first-order valence-electron chi connectivity index (χ1n) is 5.73. The molecule has 0 fully saturated rings. The van der Waals surface area contributed by atoms with Crippen LogP contribution in [0.15, 0.2) is 24.3 Å². The lowest BCUT2D eigenvalue weighted by atomic mass is 9.97. The Morgan fingerprint density at radius 2 is 2.25 bits per heavy atom. The molecule has 4 heteroatoms. The maximum Gasteiger partial charge on any atom is 0.251 e. The minimum atomic E-state index is -0.298. The fourth-order valence-electron chi connectivity index (χ4n) is 1.73. The third-order valence-electron chi connectivity index (χ3n) is 2.73. The topological polar surface area (TPSA) is 53.2 Å². The van der Waals surface area contributed by atoms with Crippen LogP contribution < -0.4 is 16.0 Å². The Morgan fingerprint density at radius 1 is 1.44 bits per heavy atom. The van der Waals surface area contributed by atoms with Crippen molar-refractivity contribution in [3.8, 4) is 0 Å². The zero-order valence-electron chi connectivity index (χ0n) is 9.99. The zero-order valence-corrected chi connectivity index (χ0v) is 9.99. The molecule has 2 unspecified atom stereocenters. The molecular weight excluding hydrogens is 202 g/mol. The first-order chi connectivity index (χ1) is 7.77. The number of likely N-dealkylation sites (N-methyl/N-ethyl adjacent to an activating group) is 2. The fourth-order valence-corrected chi connectivity index (χ4v) is 1.73. The molecule has 0 aromatic rings. The lowest BCUT2D eigenvalue weighted by Crippen LogP contribution is -2.51. The summed E-state index contributed by atoms with van der Waals surface area (Å²) in [5.41, 5.74) is 0. The monoisotopic (exact) mass is 223 g/mol. The van der Waals surface area contributed by atoms with Crippen LogP contribution in [0, 0.1) is 5.92 Å². The highest BCUT2D eigenvalue weighted by Gasteiger charge is 2.13. The van der Waals surface area contributed by atoms with Crippen molar-refractivity contribution in [2.75, 3.05) is 20.6 Å². The van der Waals surface area contributed by atoms with Crippen LogP contribution in [0.4, 0.5) is 0 Å². The van der Waals surface area contributed by atoms with Gasteiger partial charge >= 0.3 is 0 Å². The number of amides is 1. The maximum atomic E-state index is 11.4. The van der Waals surface area contributed by atoms with E-state index < -0.39 is 0 Å². The molecule has 2 atom stereocenters. The van der Waals surface area contributed by atoms with Crippen LogP contribution in [-0.4, -0.2) is 32.7 Å². The minimum Gasteiger partial charge on any atom is -0.357 e. The molecule has 0 bridgehead atoms. The number of rotatable bonds is 6. The van der Waals surface area contributed by atoms with Gasteiger partial charge in [0.05, 0.1) is 0 Å². The standard InChI is InChI=1S/C12H21N3O/c1-13-11(12(16)14-2)15-9-8-10-6-4-3-5-7-10/h3-6,10-11,13,15H,7-9H2,1-2H3,(H,14,16). The number of hydrogen-bond acceptors (Lipinski definition) is 3. The molecule has 0 spiro atoms. The number of carbonyl (C=O) groups excluding carboxylic acids is 1. The van der Waals surface area contributed by atoms with Crippen LogP contribution in [0.2, 0.25) is 0 Å². The van der Waals surface area contributed by atoms with Gasteiger partial charge in [0.15, 0.2) is 0 Å². The third kappa shape index (κ3) is 4.16. The number of carbonyl (C=O) groups is 1. The Morgan fingerprint density at radius 3 is 2.81 bits per heavy atom. The second-order valence-corrected chi connectivity index (χ2v) is 3.89. The van der Waals surface area contributed by atoms with E-state index >= 15 is 0 Å². The average molecular weight is 223 g/mol. The largest absolute Gasteiger partial charge is 0.357 e. The molecular formula is C12H21N3O. The molecule has 3 N–H and O–H groups in total. The van der Waals surface area contributed by atoms with Gasteiger partial charge in [0.25, 0.3) is 5.91 Å². The number of allylic oxidation sites excluding steroid dienone is 4. The van der Waals surface area contributed by atoms with E-state index in [1.54, 1.807) is 14.1 Å². The summed E-state index contributed by atoms with van der Waals surface area (Å²) in [5.74, 6) is 0.571. The molecule has 16 heavy (non-hydrogen) atoms. The Balaban J connectivity index is 2.20. The van der Waals surface area contributed by atoms with Crippen molar-refractivity contribution in [2.24, 2.45) is 5.92 Å². The summed E-state index contributed by atoms with van der Waals surface area (Å²) in [6.07, 6.45) is 10.4. The molecule has 0 aromatic carbocycles. The molecule has 1 amide bonds. The second-order valence-electron chi connectivity index (χ2n) is 3.89. The Hall–Kier alpha value is -1.13. The summed E-state index contributed by atoms with van der Waals surface area (Å²) in [4.78, 5) is 11.4. The van der Waals surface area contributed by atoms with Crippen molar-refractivity contribution < 1.29 is 4.79 Å². The highest BCUT2D eigenvalue weighted by atomic mass is 16.2. The summed E-state index contributed by atoms with van der Waals surface area (Å²) in [6, 6.07) is 0. The number of hydrogen-bond donors (Lipinski definition) is 3. The van der Waals surface area contributed by atoms with E-state index in [2.05, 4.69) is 40.3 Å². The van der Waals surface area contributed by atoms with Crippen LogP contribution in [0.1, 0.15) is 12.8 Å². The van der Waals surface area contributed by atoms with Crippen LogP contribution in [0.3, 0.4) is 0 Å². The first-order valence-corrected chi connectivity index (χ1v) is 5.73. The van der Waals surface area contributed by atoms with E-state index in [9.17, 15) is 4.79 Å². The van der Waals surface area contributed by atoms with Gasteiger partial charge < -0.3 is 5.32 Å². The Bertz CT molecular complexity index is 273. The summed E-state index contributed by atoms with van der Waals surface area (Å²) >= 11 is 0. The molecule has 0 heterocycles. The van der Waals surface area contributed by atoms with Gasteiger partial charge in [-0.15, -0.1) is 0 Å². The van der Waals surface area contributed by atoms with E-state index in [0.29, 0.717) is 5.92 Å². The SMILES string of the molecule is CNC(=O)C(NC)NCCC1C=CC=CC1. The maximum absolute atomic E-state index is 11.4. The summed E-state index contributed by atoms with van der Waals surface area (Å²) in [5, 5.41) is 8.74. The van der Waals surface area contributed by atoms with Crippen molar-refractivity contribution in [1.29, 1.82) is 0 Å². The smallest absolute Gasteiger partial charge is 0.251 e. The van der Waals surface area contributed by atoms with E-state index in [4.69, 9.17) is 0 Å². The normalized spacial score (nSPS) is 20.8. The van der Waals surface area contributed by atoms with E-state index in [1.807, 2.05) is 0 Å². The van der Waals surface area contributed by atoms with Crippen molar-refractivity contribution in [3.05, 3.63) is 24.3 Å². The lowest BCUT2D eigenvalue weighted by molar-refractivity contribution is -0.123.